The van der Waals surface area contributed by atoms with Gasteiger partial charge in [0.1, 0.15) is 5.69 Å². The molecule has 0 saturated carbocycles. The molecule has 7 heteroatoms. The minimum absolute atomic E-state index is 0.209. The predicted molar refractivity (Wildman–Crippen MR) is 101 cm³/mol. The van der Waals surface area contributed by atoms with Crippen molar-refractivity contribution < 1.29 is 4.79 Å². The topological polar surface area (TPSA) is 93.3 Å². The highest BCUT2D eigenvalue weighted by Crippen LogP contribution is 2.37. The van der Waals surface area contributed by atoms with Crippen LogP contribution in [-0.2, 0) is 6.42 Å². The molecule has 3 N–H and O–H groups in total. The van der Waals surface area contributed by atoms with E-state index < -0.39 is 0 Å². The van der Waals surface area contributed by atoms with Gasteiger partial charge in [-0.3, -0.25) is 14.8 Å². The zero-order valence-electron chi connectivity index (χ0n) is 14.5. The Kier molecular flexibility index (Phi) is 5.22. The maximum atomic E-state index is 12.4. The van der Waals surface area contributed by atoms with Gasteiger partial charge in [0.15, 0.2) is 5.17 Å². The first-order valence-electron chi connectivity index (χ1n) is 8.49. The molecule has 1 aliphatic carbocycles. The molecule has 1 amide bonds. The maximum absolute atomic E-state index is 12.4. The number of rotatable bonds is 4. The lowest BCUT2D eigenvalue weighted by Gasteiger charge is -2.36. The molecule has 25 heavy (non-hydrogen) atoms. The Morgan fingerprint density at radius 1 is 1.44 bits per heavy atom. The Bertz CT molecular complexity index is 740. The summed E-state index contributed by atoms with van der Waals surface area (Å²) in [6, 6.07) is 0. The van der Waals surface area contributed by atoms with Gasteiger partial charge in [-0.05, 0) is 32.3 Å². The molecule has 0 bridgehead atoms. The lowest BCUT2D eigenvalue weighted by atomic mass is 9.79. The number of nitrogens with two attached hydrogens (primary N) is 1. The number of hydrogen-bond donors (Lipinski definition) is 2. The summed E-state index contributed by atoms with van der Waals surface area (Å²) in [7, 11) is 0. The Hall–Kier alpha value is -2.15. The van der Waals surface area contributed by atoms with Gasteiger partial charge in [0.2, 0.25) is 0 Å². The number of nitrogens with one attached hydrogen (secondary N) is 1. The molecule has 6 nitrogen and oxygen atoms in total. The average molecular weight is 357 g/mol. The van der Waals surface area contributed by atoms with Gasteiger partial charge in [0.05, 0.1) is 17.4 Å². The van der Waals surface area contributed by atoms with Gasteiger partial charge in [0, 0.05) is 23.6 Å². The van der Waals surface area contributed by atoms with E-state index in [0.29, 0.717) is 10.9 Å². The monoisotopic (exact) mass is 357 g/mol. The van der Waals surface area contributed by atoms with Crippen LogP contribution in [0.3, 0.4) is 0 Å². The minimum atomic E-state index is -0.251. The zero-order chi connectivity index (χ0) is 17.9. The van der Waals surface area contributed by atoms with Gasteiger partial charge in [-0.25, -0.2) is 4.98 Å². The van der Waals surface area contributed by atoms with Crippen LogP contribution in [0.4, 0.5) is 0 Å². The van der Waals surface area contributed by atoms with E-state index in [2.05, 4.69) is 39.4 Å². The number of thioether (sulfide) groups is 1. The molecule has 3 rings (SSSR count). The van der Waals surface area contributed by atoms with Crippen LogP contribution >= 0.6 is 11.8 Å². The maximum Gasteiger partial charge on any atom is 0.275 e. The first-order chi connectivity index (χ1) is 12.0. The molecular formula is C18H23N5OS. The highest BCUT2D eigenvalue weighted by atomic mass is 32.2. The molecule has 0 saturated heterocycles. The van der Waals surface area contributed by atoms with Crippen molar-refractivity contribution in [1.29, 1.82) is 0 Å². The summed E-state index contributed by atoms with van der Waals surface area (Å²) in [5.74, 6) is 0.931. The van der Waals surface area contributed by atoms with Gasteiger partial charge in [-0.1, -0.05) is 30.8 Å². The molecular weight excluding hydrogens is 334 g/mol. The minimum Gasteiger partial charge on any atom is -0.379 e. The number of hydrogen-bond acceptors (Lipinski definition) is 6. The molecule has 1 aromatic heterocycles. The molecule has 1 aliphatic heterocycles. The average Bonchev–Trinajstić information content (AvgIpc) is 2.62. The standard InChI is InChI=1S/C18H23N5OS/c1-3-13-10-21-15(11-20-13)16(24)22-14-6-4-5-12(9-14)18(2)7-8-25-17(19)23-18/h4,6,9-12H,3,5,7-8H2,1-2H3,(H2,19,23)(H,22,24)/t12?,18-/m0/s1. The fourth-order valence-corrected chi connectivity index (χ4v) is 4.02. The van der Waals surface area contributed by atoms with Crippen LogP contribution in [0.5, 0.6) is 0 Å². The number of nitrogens with zero attached hydrogens (tertiary/aromatic N) is 3. The van der Waals surface area contributed by atoms with E-state index >= 15 is 0 Å². The van der Waals surface area contributed by atoms with Crippen molar-refractivity contribution in [3.05, 3.63) is 47.7 Å². The summed E-state index contributed by atoms with van der Waals surface area (Å²) >= 11 is 1.60. The number of amides is 1. The van der Waals surface area contributed by atoms with Crippen LogP contribution in [-0.4, -0.2) is 32.3 Å². The van der Waals surface area contributed by atoms with Crippen molar-refractivity contribution in [3.8, 4) is 0 Å². The van der Waals surface area contributed by atoms with Gasteiger partial charge in [-0.15, -0.1) is 0 Å². The van der Waals surface area contributed by atoms with Crippen LogP contribution in [0.2, 0.25) is 0 Å². The number of aliphatic imine (C=N–C) groups is 1. The lowest BCUT2D eigenvalue weighted by molar-refractivity contribution is 0.0961. The largest absolute Gasteiger partial charge is 0.379 e. The van der Waals surface area contributed by atoms with E-state index in [1.807, 2.05) is 13.0 Å². The molecule has 0 radical (unpaired) electrons. The number of allylic oxidation sites excluding steroid dienone is 2. The summed E-state index contributed by atoms with van der Waals surface area (Å²) in [5, 5.41) is 3.56. The van der Waals surface area contributed by atoms with E-state index in [4.69, 9.17) is 5.73 Å². The molecule has 2 atom stereocenters. The molecule has 1 unspecified atom stereocenters. The van der Waals surface area contributed by atoms with E-state index in [-0.39, 0.29) is 17.4 Å². The summed E-state index contributed by atoms with van der Waals surface area (Å²) in [4.78, 5) is 25.5. The second kappa shape index (κ2) is 7.39. The third-order valence-electron chi connectivity index (χ3n) is 4.65. The quantitative estimate of drug-likeness (QED) is 0.863. The second-order valence-electron chi connectivity index (χ2n) is 6.47. The van der Waals surface area contributed by atoms with Crippen molar-refractivity contribution >= 4 is 22.8 Å². The number of aromatic nitrogens is 2. The summed E-state index contributed by atoms with van der Waals surface area (Å²) in [6.45, 7) is 4.13. The molecule has 0 spiro atoms. The van der Waals surface area contributed by atoms with Gasteiger partial charge < -0.3 is 11.1 Å². The zero-order valence-corrected chi connectivity index (χ0v) is 15.3. The van der Waals surface area contributed by atoms with Crippen LogP contribution in [0.15, 0.2) is 41.3 Å². The Balaban J connectivity index is 1.73. The first-order valence-corrected chi connectivity index (χ1v) is 9.47. The normalized spacial score (nSPS) is 25.9. The fraction of sp³-hybridized carbons (Fsp3) is 0.444. The molecule has 132 valence electrons. The highest BCUT2D eigenvalue weighted by Gasteiger charge is 2.35. The van der Waals surface area contributed by atoms with E-state index in [1.165, 1.54) is 6.20 Å². The van der Waals surface area contributed by atoms with Crippen LogP contribution in [0, 0.1) is 5.92 Å². The molecule has 1 aromatic rings. The van der Waals surface area contributed by atoms with Crippen molar-refractivity contribution in [2.24, 2.45) is 16.6 Å². The van der Waals surface area contributed by atoms with E-state index in [0.717, 1.165) is 36.4 Å². The number of carbonyl (C=O) groups is 1. The van der Waals surface area contributed by atoms with Gasteiger partial charge >= 0.3 is 0 Å². The highest BCUT2D eigenvalue weighted by molar-refractivity contribution is 8.13. The Labute approximate surface area is 152 Å². The van der Waals surface area contributed by atoms with Crippen LogP contribution < -0.4 is 11.1 Å². The Morgan fingerprint density at radius 2 is 2.28 bits per heavy atom. The number of amidine groups is 1. The van der Waals surface area contributed by atoms with Crippen molar-refractivity contribution in [1.82, 2.24) is 15.3 Å². The first kappa shape index (κ1) is 17.7. The summed E-state index contributed by atoms with van der Waals surface area (Å²) in [5.41, 5.74) is 7.66. The van der Waals surface area contributed by atoms with Crippen molar-refractivity contribution in [2.75, 3.05) is 5.75 Å². The smallest absolute Gasteiger partial charge is 0.275 e. The number of aryl methyl sites for hydroxylation is 1. The predicted octanol–water partition coefficient (Wildman–Crippen LogP) is 2.44. The van der Waals surface area contributed by atoms with Crippen LogP contribution in [0.1, 0.15) is 42.9 Å². The van der Waals surface area contributed by atoms with Crippen molar-refractivity contribution in [2.45, 2.75) is 38.6 Å². The van der Waals surface area contributed by atoms with Crippen LogP contribution in [0.25, 0.3) is 0 Å². The summed E-state index contributed by atoms with van der Waals surface area (Å²) in [6.07, 6.45) is 11.9. The second-order valence-corrected chi connectivity index (χ2v) is 7.59. The number of carbonyl (C=O) groups excluding carboxylic acids is 1. The third kappa shape index (κ3) is 4.10. The van der Waals surface area contributed by atoms with E-state index in [1.54, 1.807) is 18.0 Å². The molecule has 2 aliphatic rings. The summed E-state index contributed by atoms with van der Waals surface area (Å²) < 4.78 is 0. The van der Waals surface area contributed by atoms with Crippen molar-refractivity contribution in [3.63, 3.8) is 0 Å². The third-order valence-corrected chi connectivity index (χ3v) is 5.44. The fourth-order valence-electron chi connectivity index (χ4n) is 3.02. The Morgan fingerprint density at radius 3 is 2.96 bits per heavy atom. The lowest BCUT2D eigenvalue weighted by Crippen LogP contribution is -2.38. The molecule has 0 fully saturated rings. The molecule has 2 heterocycles. The van der Waals surface area contributed by atoms with Gasteiger partial charge in [-0.2, -0.15) is 0 Å². The van der Waals surface area contributed by atoms with Gasteiger partial charge in [0.25, 0.3) is 5.91 Å². The SMILES string of the molecule is CCc1cnc(C(=O)NC2=CC([C@]3(C)CCSC(N)=N3)CC=C2)cn1. The molecule has 0 aromatic carbocycles. The van der Waals surface area contributed by atoms with E-state index in [9.17, 15) is 4.79 Å².